The van der Waals surface area contributed by atoms with Crippen molar-refractivity contribution in [3.05, 3.63) is 114 Å². The fourth-order valence-electron chi connectivity index (χ4n) is 5.23. The zero-order valence-electron chi connectivity index (χ0n) is 20.2. The summed E-state index contributed by atoms with van der Waals surface area (Å²) in [5.41, 5.74) is 4.00. The van der Waals surface area contributed by atoms with E-state index in [1.165, 1.54) is 12.1 Å². The molecule has 0 radical (unpaired) electrons. The number of hydrogen-bond acceptors (Lipinski definition) is 4. The van der Waals surface area contributed by atoms with Crippen molar-refractivity contribution in [2.24, 2.45) is 5.92 Å². The van der Waals surface area contributed by atoms with E-state index in [0.717, 1.165) is 27.4 Å². The van der Waals surface area contributed by atoms with Gasteiger partial charge in [-0.05, 0) is 77.9 Å². The summed E-state index contributed by atoms with van der Waals surface area (Å²) < 4.78 is 13.3. The Labute approximate surface area is 221 Å². The summed E-state index contributed by atoms with van der Waals surface area (Å²) in [5, 5.41) is 31.9. The number of aromatic hydroxyl groups is 2. The van der Waals surface area contributed by atoms with Crippen LogP contribution in [-0.4, -0.2) is 20.3 Å². The van der Waals surface area contributed by atoms with Crippen molar-refractivity contribution in [2.75, 3.05) is 4.90 Å². The van der Waals surface area contributed by atoms with Gasteiger partial charge in [0.1, 0.15) is 17.3 Å². The van der Waals surface area contributed by atoms with Crippen molar-refractivity contribution in [1.29, 1.82) is 0 Å². The van der Waals surface area contributed by atoms with Gasteiger partial charge in [0.25, 0.3) is 0 Å². The first-order valence-electron chi connectivity index (χ1n) is 12.3. The first-order chi connectivity index (χ1) is 17.9. The molecular weight excluding hydrogens is 485 g/mol. The minimum Gasteiger partial charge on any atom is -0.508 e. The zero-order chi connectivity index (χ0) is 25.9. The van der Waals surface area contributed by atoms with E-state index in [2.05, 4.69) is 4.90 Å². The largest absolute Gasteiger partial charge is 0.508 e. The number of hydrogen-bond donors (Lipinski definition) is 3. The molecule has 0 aliphatic carbocycles. The maximum atomic E-state index is 13.3. The number of phenolic OH excluding ortho intramolecular Hbond substituents is 2. The lowest BCUT2D eigenvalue weighted by atomic mass is 9.87. The summed E-state index contributed by atoms with van der Waals surface area (Å²) >= 11 is 5.84. The molecular formula is C31H28FNO3S. The summed E-state index contributed by atoms with van der Waals surface area (Å²) in [5.74, 6) is 0.0402. The van der Waals surface area contributed by atoms with Gasteiger partial charge in [-0.2, -0.15) is 0 Å². The van der Waals surface area contributed by atoms with Crippen molar-refractivity contribution >= 4 is 22.9 Å². The van der Waals surface area contributed by atoms with Crippen LogP contribution in [0.4, 0.5) is 10.1 Å². The van der Waals surface area contributed by atoms with E-state index in [4.69, 9.17) is 12.2 Å². The van der Waals surface area contributed by atoms with Crippen molar-refractivity contribution in [3.8, 4) is 22.6 Å². The van der Waals surface area contributed by atoms with E-state index in [-0.39, 0.29) is 29.3 Å². The van der Waals surface area contributed by atoms with Crippen LogP contribution in [0.5, 0.6) is 11.5 Å². The standard InChI is InChI=1S/C31H28FNO3S/c32-24-13-9-20(10-14-24)28(35)16-12-23-19-30(37)33(25-6-2-1-3-7-25)31(23)27-15-11-22(18-29(27)36)21-5-4-8-26(34)17-21/h1-11,13-15,17-18,23,28,31,34-36H,12,16,19H2. The van der Waals surface area contributed by atoms with Crippen molar-refractivity contribution in [3.63, 3.8) is 0 Å². The predicted octanol–water partition coefficient (Wildman–Crippen LogP) is 7.31. The van der Waals surface area contributed by atoms with E-state index in [1.54, 1.807) is 36.4 Å². The van der Waals surface area contributed by atoms with Crippen LogP contribution in [0.25, 0.3) is 11.1 Å². The normalized spacial score (nSPS) is 18.2. The average Bonchev–Trinajstić information content (AvgIpc) is 3.23. The van der Waals surface area contributed by atoms with Crippen LogP contribution in [0.2, 0.25) is 0 Å². The lowest BCUT2D eigenvalue weighted by Crippen LogP contribution is -2.28. The molecule has 3 atom stereocenters. The molecule has 0 spiro atoms. The number of phenols is 2. The fraction of sp³-hybridized carbons (Fsp3) is 0.194. The number of aliphatic hydroxyl groups excluding tert-OH is 1. The molecule has 4 aromatic carbocycles. The second kappa shape index (κ2) is 10.7. The molecule has 1 heterocycles. The van der Waals surface area contributed by atoms with E-state index in [9.17, 15) is 19.7 Å². The zero-order valence-corrected chi connectivity index (χ0v) is 21.0. The molecule has 188 valence electrons. The van der Waals surface area contributed by atoms with Crippen LogP contribution in [-0.2, 0) is 0 Å². The fourth-order valence-corrected chi connectivity index (χ4v) is 5.66. The maximum absolute atomic E-state index is 13.3. The van der Waals surface area contributed by atoms with Gasteiger partial charge in [-0.3, -0.25) is 0 Å². The molecule has 0 aromatic heterocycles. The highest BCUT2D eigenvalue weighted by atomic mass is 32.1. The molecule has 0 saturated carbocycles. The summed E-state index contributed by atoms with van der Waals surface area (Å²) in [6.45, 7) is 0. The monoisotopic (exact) mass is 513 g/mol. The van der Waals surface area contributed by atoms with Crippen LogP contribution in [0, 0.1) is 11.7 Å². The van der Waals surface area contributed by atoms with Gasteiger partial charge in [-0.25, -0.2) is 4.39 Å². The average molecular weight is 514 g/mol. The van der Waals surface area contributed by atoms with E-state index in [1.807, 2.05) is 48.5 Å². The molecule has 0 bridgehead atoms. The highest BCUT2D eigenvalue weighted by molar-refractivity contribution is 7.80. The lowest BCUT2D eigenvalue weighted by molar-refractivity contribution is 0.155. The second-order valence-corrected chi connectivity index (χ2v) is 9.95. The maximum Gasteiger partial charge on any atom is 0.123 e. The smallest absolute Gasteiger partial charge is 0.123 e. The van der Waals surface area contributed by atoms with E-state index in [0.29, 0.717) is 24.8 Å². The van der Waals surface area contributed by atoms with Gasteiger partial charge < -0.3 is 20.2 Å². The third kappa shape index (κ3) is 5.36. The third-order valence-corrected chi connectivity index (χ3v) is 7.42. The Morgan fingerprint density at radius 3 is 2.30 bits per heavy atom. The minimum absolute atomic E-state index is 0.0559. The Hall–Kier alpha value is -3.74. The Bertz CT molecular complexity index is 1390. The van der Waals surface area contributed by atoms with E-state index < -0.39 is 6.10 Å². The number of anilines is 1. The molecule has 4 nitrogen and oxygen atoms in total. The minimum atomic E-state index is -0.720. The van der Waals surface area contributed by atoms with Crippen LogP contribution < -0.4 is 4.90 Å². The van der Waals surface area contributed by atoms with Gasteiger partial charge in [-0.15, -0.1) is 0 Å². The molecule has 37 heavy (non-hydrogen) atoms. The molecule has 4 aromatic rings. The molecule has 0 amide bonds. The van der Waals surface area contributed by atoms with Crippen LogP contribution in [0.3, 0.4) is 0 Å². The summed E-state index contributed by atoms with van der Waals surface area (Å²) in [4.78, 5) is 2.89. The number of benzene rings is 4. The molecule has 5 rings (SSSR count). The number of nitrogens with zero attached hydrogens (tertiary/aromatic N) is 1. The number of halogens is 1. The van der Waals surface area contributed by atoms with Gasteiger partial charge in [0.15, 0.2) is 0 Å². The third-order valence-electron chi connectivity index (χ3n) is 7.06. The molecule has 1 aliphatic heterocycles. The quantitative estimate of drug-likeness (QED) is 0.226. The lowest BCUT2D eigenvalue weighted by Gasteiger charge is -2.31. The SMILES string of the molecule is Oc1cccc(-c2ccc(C3C(CCC(O)c4ccc(F)cc4)CC(=S)N3c3ccccc3)c(O)c2)c1. The van der Waals surface area contributed by atoms with Gasteiger partial charge in [-0.1, -0.05) is 66.8 Å². The number of aliphatic hydroxyl groups is 1. The summed E-state index contributed by atoms with van der Waals surface area (Å²) in [7, 11) is 0. The summed E-state index contributed by atoms with van der Waals surface area (Å²) in [6.07, 6.45) is 1.08. The first kappa shape index (κ1) is 24.9. The topological polar surface area (TPSA) is 63.9 Å². The van der Waals surface area contributed by atoms with Gasteiger partial charge in [0.05, 0.1) is 17.1 Å². The van der Waals surface area contributed by atoms with Crippen molar-refractivity contribution in [2.45, 2.75) is 31.4 Å². The molecule has 1 fully saturated rings. The molecule has 1 saturated heterocycles. The predicted molar refractivity (Wildman–Crippen MR) is 148 cm³/mol. The van der Waals surface area contributed by atoms with Crippen LogP contribution in [0.1, 0.15) is 42.5 Å². The molecule has 3 N–H and O–H groups in total. The number of rotatable bonds is 7. The Balaban J connectivity index is 1.46. The van der Waals surface area contributed by atoms with E-state index >= 15 is 0 Å². The molecule has 3 unspecified atom stereocenters. The Kier molecular flexibility index (Phi) is 7.22. The van der Waals surface area contributed by atoms with Gasteiger partial charge >= 0.3 is 0 Å². The first-order valence-corrected chi connectivity index (χ1v) is 12.7. The highest BCUT2D eigenvalue weighted by Gasteiger charge is 2.40. The number of thiocarbonyl (C=S) groups is 1. The Morgan fingerprint density at radius 2 is 1.59 bits per heavy atom. The van der Waals surface area contributed by atoms with Crippen LogP contribution >= 0.6 is 12.2 Å². The van der Waals surface area contributed by atoms with Crippen molar-refractivity contribution < 1.29 is 19.7 Å². The highest BCUT2D eigenvalue weighted by Crippen LogP contribution is 2.47. The Morgan fingerprint density at radius 1 is 0.865 bits per heavy atom. The van der Waals surface area contributed by atoms with Gasteiger partial charge in [0.2, 0.25) is 0 Å². The van der Waals surface area contributed by atoms with Crippen LogP contribution in [0.15, 0.2) is 97.1 Å². The van der Waals surface area contributed by atoms with Gasteiger partial charge in [0, 0.05) is 17.7 Å². The molecule has 6 heteroatoms. The number of para-hydroxylation sites is 1. The van der Waals surface area contributed by atoms with Crippen molar-refractivity contribution in [1.82, 2.24) is 0 Å². The molecule has 1 aliphatic rings. The second-order valence-electron chi connectivity index (χ2n) is 9.48. The summed E-state index contributed by atoms with van der Waals surface area (Å²) in [6, 6.07) is 28.1.